The first-order valence-corrected chi connectivity index (χ1v) is 7.83. The molecule has 1 aliphatic carbocycles. The predicted octanol–water partition coefficient (Wildman–Crippen LogP) is 2.35. The molecule has 5 nitrogen and oxygen atoms in total. The Bertz CT molecular complexity index is 958. The van der Waals surface area contributed by atoms with Crippen LogP contribution in [-0.4, -0.2) is 24.9 Å². The fraction of sp³-hybridized carbons (Fsp3) is 0.158. The average molecular weight is 319 g/mol. The molecule has 0 fully saturated rings. The van der Waals surface area contributed by atoms with Crippen molar-refractivity contribution in [2.24, 2.45) is 0 Å². The fourth-order valence-electron chi connectivity index (χ4n) is 3.55. The van der Waals surface area contributed by atoms with Crippen molar-refractivity contribution in [1.82, 2.24) is 5.32 Å². The van der Waals surface area contributed by atoms with Gasteiger partial charge in [0.15, 0.2) is 17.3 Å². The van der Waals surface area contributed by atoms with Crippen LogP contribution >= 0.6 is 0 Å². The van der Waals surface area contributed by atoms with Gasteiger partial charge in [-0.25, -0.2) is 0 Å². The maximum absolute atomic E-state index is 13.1. The first-order valence-electron chi connectivity index (χ1n) is 7.83. The zero-order valence-electron chi connectivity index (χ0n) is 12.7. The van der Waals surface area contributed by atoms with Crippen molar-refractivity contribution in [2.45, 2.75) is 6.42 Å². The van der Waals surface area contributed by atoms with Gasteiger partial charge in [-0.3, -0.25) is 9.59 Å². The van der Waals surface area contributed by atoms with Crippen LogP contribution in [-0.2, 0) is 6.42 Å². The average Bonchev–Trinajstić information content (AvgIpc) is 2.97. The molecule has 0 unspecified atom stereocenters. The molecule has 2 aromatic rings. The van der Waals surface area contributed by atoms with Gasteiger partial charge in [0.1, 0.15) is 0 Å². The minimum Gasteiger partial charge on any atom is -0.454 e. The molecule has 0 atom stereocenters. The lowest BCUT2D eigenvalue weighted by Crippen LogP contribution is -2.29. The summed E-state index contributed by atoms with van der Waals surface area (Å²) >= 11 is 0. The highest BCUT2D eigenvalue weighted by Crippen LogP contribution is 2.41. The van der Waals surface area contributed by atoms with Crippen molar-refractivity contribution in [3.63, 3.8) is 0 Å². The second kappa shape index (κ2) is 4.71. The molecule has 5 heteroatoms. The molecule has 0 aromatic heterocycles. The molecule has 5 rings (SSSR count). The monoisotopic (exact) mass is 319 g/mol. The van der Waals surface area contributed by atoms with E-state index >= 15 is 0 Å². The highest BCUT2D eigenvalue weighted by Gasteiger charge is 2.35. The number of hydrogen-bond acceptors (Lipinski definition) is 5. The quantitative estimate of drug-likeness (QED) is 0.807. The molecule has 0 saturated heterocycles. The number of Topliss-reactive ketones (excluding diaryl/α,β-unsaturated/α-hetero) is 2. The smallest absolute Gasteiger partial charge is 0.231 e. The number of nitrogens with one attached hydrogen (secondary N) is 1. The van der Waals surface area contributed by atoms with E-state index in [0.29, 0.717) is 46.9 Å². The highest BCUT2D eigenvalue weighted by atomic mass is 16.7. The summed E-state index contributed by atoms with van der Waals surface area (Å²) in [4.78, 5) is 26.0. The van der Waals surface area contributed by atoms with E-state index in [1.165, 1.54) is 0 Å². The minimum atomic E-state index is -0.134. The number of hydrogen-bond donors (Lipinski definition) is 1. The van der Waals surface area contributed by atoms with Crippen LogP contribution < -0.4 is 14.8 Å². The van der Waals surface area contributed by atoms with E-state index in [1.807, 2.05) is 12.1 Å². The molecule has 3 aliphatic rings. The van der Waals surface area contributed by atoms with Gasteiger partial charge in [0.2, 0.25) is 12.6 Å². The molecule has 0 bridgehead atoms. The summed E-state index contributed by atoms with van der Waals surface area (Å²) < 4.78 is 10.9. The van der Waals surface area contributed by atoms with Crippen molar-refractivity contribution in [2.75, 3.05) is 13.3 Å². The second-order valence-corrected chi connectivity index (χ2v) is 5.99. The molecule has 24 heavy (non-hydrogen) atoms. The lowest BCUT2D eigenvalue weighted by molar-refractivity contribution is 0.0986. The first kappa shape index (κ1) is 13.4. The van der Waals surface area contributed by atoms with E-state index in [0.717, 1.165) is 11.1 Å². The Kier molecular flexibility index (Phi) is 2.62. The fourth-order valence-corrected chi connectivity index (χ4v) is 3.55. The van der Waals surface area contributed by atoms with Crippen molar-refractivity contribution in [1.29, 1.82) is 0 Å². The number of carbonyl (C=O) groups excluding carboxylic acids is 2. The zero-order chi connectivity index (χ0) is 16.3. The second-order valence-electron chi connectivity index (χ2n) is 5.99. The van der Waals surface area contributed by atoms with Crippen LogP contribution in [0.25, 0.3) is 5.57 Å². The molecule has 0 spiro atoms. The number of ether oxygens (including phenoxy) is 2. The van der Waals surface area contributed by atoms with Crippen molar-refractivity contribution in [3.05, 3.63) is 64.3 Å². The van der Waals surface area contributed by atoms with E-state index in [4.69, 9.17) is 9.47 Å². The van der Waals surface area contributed by atoms with Crippen LogP contribution in [0.5, 0.6) is 11.5 Å². The maximum atomic E-state index is 13.1. The van der Waals surface area contributed by atoms with Gasteiger partial charge >= 0.3 is 0 Å². The van der Waals surface area contributed by atoms with E-state index < -0.39 is 0 Å². The van der Waals surface area contributed by atoms with Gasteiger partial charge < -0.3 is 14.8 Å². The third-order valence-corrected chi connectivity index (χ3v) is 4.68. The number of fused-ring (bicyclic) bond motifs is 4. The summed E-state index contributed by atoms with van der Waals surface area (Å²) in [6.07, 6.45) is 0.704. The lowest BCUT2D eigenvalue weighted by Gasteiger charge is -2.21. The minimum absolute atomic E-state index is 0.130. The summed E-state index contributed by atoms with van der Waals surface area (Å²) in [5.74, 6) is 1.04. The van der Waals surface area contributed by atoms with Gasteiger partial charge in [-0.15, -0.1) is 0 Å². The third kappa shape index (κ3) is 1.69. The van der Waals surface area contributed by atoms with Crippen molar-refractivity contribution < 1.29 is 19.1 Å². The lowest BCUT2D eigenvalue weighted by atomic mass is 9.83. The third-order valence-electron chi connectivity index (χ3n) is 4.68. The Labute approximate surface area is 137 Å². The highest BCUT2D eigenvalue weighted by molar-refractivity contribution is 6.40. The molecule has 0 amide bonds. The Morgan fingerprint density at radius 2 is 1.58 bits per heavy atom. The molecule has 2 heterocycles. The van der Waals surface area contributed by atoms with Crippen LogP contribution in [0.1, 0.15) is 31.8 Å². The summed E-state index contributed by atoms with van der Waals surface area (Å²) in [7, 11) is 0. The number of benzene rings is 2. The Morgan fingerprint density at radius 3 is 2.38 bits per heavy atom. The van der Waals surface area contributed by atoms with Gasteiger partial charge in [-0.05, 0) is 29.7 Å². The van der Waals surface area contributed by atoms with Crippen LogP contribution in [0.2, 0.25) is 0 Å². The summed E-state index contributed by atoms with van der Waals surface area (Å²) in [6, 6.07) is 10.7. The number of ketones is 2. The summed E-state index contributed by atoms with van der Waals surface area (Å²) in [5.41, 5.74) is 3.47. The van der Waals surface area contributed by atoms with Gasteiger partial charge in [-0.2, -0.15) is 0 Å². The molecule has 118 valence electrons. The van der Waals surface area contributed by atoms with Crippen molar-refractivity contribution >= 4 is 17.1 Å². The number of carbonyl (C=O) groups is 2. The molecule has 2 aliphatic heterocycles. The largest absolute Gasteiger partial charge is 0.454 e. The predicted molar refractivity (Wildman–Crippen MR) is 86.3 cm³/mol. The molecule has 2 aromatic carbocycles. The maximum Gasteiger partial charge on any atom is 0.231 e. The molecular weight excluding hydrogens is 306 g/mol. The molecular formula is C19H13NO4. The SMILES string of the molecule is O=C1C2=C(C(=O)c3ccccc31)c1cc3c(cc1CCN2)OCO3. The van der Waals surface area contributed by atoms with Crippen LogP contribution in [0.15, 0.2) is 42.1 Å². The van der Waals surface area contributed by atoms with E-state index in [-0.39, 0.29) is 18.4 Å². The molecule has 0 radical (unpaired) electrons. The normalized spacial score (nSPS) is 17.7. The van der Waals surface area contributed by atoms with E-state index in [1.54, 1.807) is 24.3 Å². The van der Waals surface area contributed by atoms with Crippen LogP contribution in [0, 0.1) is 0 Å². The standard InChI is InChI=1S/C19H13NO4/c21-18-11-3-1-2-4-12(11)19(22)17-16(18)13-8-15-14(23-9-24-15)7-10(13)5-6-20-17/h1-4,7-8,20H,5-6,9H2. The van der Waals surface area contributed by atoms with Crippen molar-refractivity contribution in [3.8, 4) is 11.5 Å². The number of allylic oxidation sites excluding steroid dienone is 2. The Balaban J connectivity index is 1.78. The van der Waals surface area contributed by atoms with Crippen LogP contribution in [0.4, 0.5) is 0 Å². The summed E-state index contributed by atoms with van der Waals surface area (Å²) in [5, 5.41) is 3.15. The van der Waals surface area contributed by atoms with E-state index in [2.05, 4.69) is 5.32 Å². The van der Waals surface area contributed by atoms with Gasteiger partial charge in [0.25, 0.3) is 0 Å². The molecule has 0 saturated carbocycles. The topological polar surface area (TPSA) is 64.6 Å². The van der Waals surface area contributed by atoms with E-state index in [9.17, 15) is 9.59 Å². The zero-order valence-corrected chi connectivity index (χ0v) is 12.7. The van der Waals surface area contributed by atoms with Gasteiger partial charge in [0, 0.05) is 17.7 Å². The van der Waals surface area contributed by atoms with Gasteiger partial charge in [-0.1, -0.05) is 24.3 Å². The molecule has 1 N–H and O–H groups in total. The van der Waals surface area contributed by atoms with Crippen LogP contribution in [0.3, 0.4) is 0 Å². The first-order chi connectivity index (χ1) is 11.7. The number of rotatable bonds is 0. The van der Waals surface area contributed by atoms with Gasteiger partial charge in [0.05, 0.1) is 11.3 Å². The Morgan fingerprint density at radius 1 is 0.875 bits per heavy atom. The Hall–Kier alpha value is -3.08. The summed E-state index contributed by atoms with van der Waals surface area (Å²) in [6.45, 7) is 0.769.